The summed E-state index contributed by atoms with van der Waals surface area (Å²) in [4.78, 5) is 12.4. The van der Waals surface area contributed by atoms with Crippen molar-refractivity contribution in [2.45, 2.75) is 57.3 Å². The molecule has 0 aromatic heterocycles. The van der Waals surface area contributed by atoms with Gasteiger partial charge in [-0.05, 0) is 43.7 Å². The van der Waals surface area contributed by atoms with Gasteiger partial charge in [0.15, 0.2) is 0 Å². The van der Waals surface area contributed by atoms with E-state index in [1.807, 2.05) is 6.92 Å². The molecular formula is C19H27F3N2O2. The normalized spacial score (nSPS) is 23.7. The highest BCUT2D eigenvalue weighted by Crippen LogP contribution is 2.29. The number of nitrogens with one attached hydrogen (secondary N) is 1. The fraction of sp³-hybridized carbons (Fsp3) is 0.632. The fourth-order valence-electron chi connectivity index (χ4n) is 3.23. The molecule has 26 heavy (non-hydrogen) atoms. The van der Waals surface area contributed by atoms with E-state index in [-0.39, 0.29) is 24.0 Å². The molecule has 0 spiro atoms. The first-order valence-electron chi connectivity index (χ1n) is 9.12. The molecule has 1 aliphatic carbocycles. The van der Waals surface area contributed by atoms with Crippen LogP contribution in [0.15, 0.2) is 24.3 Å². The number of hydrogen-bond acceptors (Lipinski definition) is 3. The average molecular weight is 372 g/mol. The quantitative estimate of drug-likeness (QED) is 0.772. The number of amides is 1. The first kappa shape index (κ1) is 20.7. The van der Waals surface area contributed by atoms with Crippen LogP contribution in [0.5, 0.6) is 0 Å². The van der Waals surface area contributed by atoms with Gasteiger partial charge in [0.05, 0.1) is 11.7 Å². The van der Waals surface area contributed by atoms with Crippen molar-refractivity contribution in [2.24, 2.45) is 11.7 Å². The number of benzene rings is 1. The summed E-state index contributed by atoms with van der Waals surface area (Å²) >= 11 is 0. The number of ether oxygens (including phenoxy) is 1. The monoisotopic (exact) mass is 372 g/mol. The molecule has 2 rings (SSSR count). The number of carbonyl (C=O) groups is 1. The predicted octanol–water partition coefficient (Wildman–Crippen LogP) is 3.29. The van der Waals surface area contributed by atoms with Crippen LogP contribution in [0.2, 0.25) is 0 Å². The molecule has 1 aliphatic rings. The van der Waals surface area contributed by atoms with E-state index < -0.39 is 11.7 Å². The van der Waals surface area contributed by atoms with Gasteiger partial charge < -0.3 is 15.8 Å². The molecule has 0 aliphatic heterocycles. The summed E-state index contributed by atoms with van der Waals surface area (Å²) in [7, 11) is 0. The molecule has 0 saturated heterocycles. The van der Waals surface area contributed by atoms with E-state index in [4.69, 9.17) is 10.5 Å². The molecule has 3 atom stereocenters. The minimum atomic E-state index is -4.35. The average Bonchev–Trinajstić information content (AvgIpc) is 2.60. The Bertz CT molecular complexity index is 592. The second kappa shape index (κ2) is 9.37. The van der Waals surface area contributed by atoms with Crippen LogP contribution in [0.3, 0.4) is 0 Å². The van der Waals surface area contributed by atoms with Crippen molar-refractivity contribution >= 4 is 5.91 Å². The lowest BCUT2D eigenvalue weighted by atomic mass is 9.83. The van der Waals surface area contributed by atoms with Crippen LogP contribution in [-0.2, 0) is 22.1 Å². The fourth-order valence-corrected chi connectivity index (χ4v) is 3.23. The molecule has 7 heteroatoms. The van der Waals surface area contributed by atoms with Crippen LogP contribution in [0.4, 0.5) is 13.2 Å². The Morgan fingerprint density at radius 3 is 2.81 bits per heavy atom. The zero-order valence-corrected chi connectivity index (χ0v) is 15.0. The van der Waals surface area contributed by atoms with Gasteiger partial charge in [-0.1, -0.05) is 25.1 Å². The molecule has 4 nitrogen and oxygen atoms in total. The largest absolute Gasteiger partial charge is 0.416 e. The van der Waals surface area contributed by atoms with Gasteiger partial charge in [0, 0.05) is 25.1 Å². The van der Waals surface area contributed by atoms with Crippen LogP contribution >= 0.6 is 0 Å². The second-order valence-corrected chi connectivity index (χ2v) is 6.82. The summed E-state index contributed by atoms with van der Waals surface area (Å²) in [5, 5.41) is 2.83. The molecule has 1 fully saturated rings. The lowest BCUT2D eigenvalue weighted by molar-refractivity contribution is -0.137. The second-order valence-electron chi connectivity index (χ2n) is 6.82. The van der Waals surface area contributed by atoms with Crippen LogP contribution in [-0.4, -0.2) is 31.2 Å². The van der Waals surface area contributed by atoms with Crippen LogP contribution < -0.4 is 11.1 Å². The van der Waals surface area contributed by atoms with Gasteiger partial charge >= 0.3 is 6.18 Å². The summed E-state index contributed by atoms with van der Waals surface area (Å²) in [6.07, 6.45) is -1.16. The molecule has 1 saturated carbocycles. The SMILES string of the molecule is CCCO[C@H]1C[C@@H](C(=O)NCCc2cccc(C(F)(F)F)c2)CC[C@@H]1N. The Balaban J connectivity index is 1.81. The predicted molar refractivity (Wildman–Crippen MR) is 93.5 cm³/mol. The molecule has 3 N–H and O–H groups in total. The van der Waals surface area contributed by atoms with Gasteiger partial charge in [0.25, 0.3) is 0 Å². The number of hydrogen-bond donors (Lipinski definition) is 2. The summed E-state index contributed by atoms with van der Waals surface area (Å²) in [6.45, 7) is 2.96. The van der Waals surface area contributed by atoms with Crippen LogP contribution in [0, 0.1) is 5.92 Å². The first-order valence-corrected chi connectivity index (χ1v) is 9.12. The summed E-state index contributed by atoms with van der Waals surface area (Å²) in [5.41, 5.74) is 5.94. The molecule has 0 bridgehead atoms. The summed E-state index contributed by atoms with van der Waals surface area (Å²) < 4.78 is 43.9. The number of alkyl halides is 3. The van der Waals surface area contributed by atoms with Gasteiger partial charge in [-0.2, -0.15) is 13.2 Å². The number of carbonyl (C=O) groups excluding carboxylic acids is 1. The summed E-state index contributed by atoms with van der Waals surface area (Å²) in [5.74, 6) is -0.229. The van der Waals surface area contributed by atoms with Crippen molar-refractivity contribution in [1.29, 1.82) is 0 Å². The van der Waals surface area contributed by atoms with E-state index in [2.05, 4.69) is 5.32 Å². The molecular weight excluding hydrogens is 345 g/mol. The number of nitrogens with two attached hydrogens (primary N) is 1. The maximum Gasteiger partial charge on any atom is 0.416 e. The van der Waals surface area contributed by atoms with Crippen molar-refractivity contribution in [2.75, 3.05) is 13.2 Å². The Hall–Kier alpha value is -1.60. The van der Waals surface area contributed by atoms with Crippen molar-refractivity contribution in [3.8, 4) is 0 Å². The molecule has 1 aromatic carbocycles. The Labute approximate surface area is 152 Å². The van der Waals surface area contributed by atoms with Gasteiger partial charge in [0.1, 0.15) is 0 Å². The van der Waals surface area contributed by atoms with Crippen molar-refractivity contribution in [1.82, 2.24) is 5.32 Å². The minimum absolute atomic E-state index is 0.0456. The van der Waals surface area contributed by atoms with Gasteiger partial charge in [0.2, 0.25) is 5.91 Å². The van der Waals surface area contributed by atoms with Gasteiger partial charge in [-0.25, -0.2) is 0 Å². The van der Waals surface area contributed by atoms with Crippen molar-refractivity contribution < 1.29 is 22.7 Å². The first-order chi connectivity index (χ1) is 12.3. The van der Waals surface area contributed by atoms with Crippen LogP contribution in [0.1, 0.15) is 43.7 Å². The smallest absolute Gasteiger partial charge is 0.377 e. The molecule has 1 aromatic rings. The Kier molecular flexibility index (Phi) is 7.46. The molecule has 0 unspecified atom stereocenters. The molecule has 1 amide bonds. The number of halogens is 3. The topological polar surface area (TPSA) is 64.3 Å². The molecule has 0 heterocycles. The minimum Gasteiger partial charge on any atom is -0.377 e. The van der Waals surface area contributed by atoms with Gasteiger partial charge in [-0.15, -0.1) is 0 Å². The molecule has 146 valence electrons. The third-order valence-corrected chi connectivity index (χ3v) is 4.72. The van der Waals surface area contributed by atoms with E-state index in [1.54, 1.807) is 6.07 Å². The Morgan fingerprint density at radius 2 is 2.12 bits per heavy atom. The van der Waals surface area contributed by atoms with Crippen LogP contribution in [0.25, 0.3) is 0 Å². The highest BCUT2D eigenvalue weighted by molar-refractivity contribution is 5.78. The maximum absolute atomic E-state index is 12.7. The van der Waals surface area contributed by atoms with E-state index in [9.17, 15) is 18.0 Å². The van der Waals surface area contributed by atoms with Crippen molar-refractivity contribution in [3.05, 3.63) is 35.4 Å². The van der Waals surface area contributed by atoms with Crippen molar-refractivity contribution in [3.63, 3.8) is 0 Å². The zero-order valence-electron chi connectivity index (χ0n) is 15.0. The maximum atomic E-state index is 12.7. The third-order valence-electron chi connectivity index (χ3n) is 4.72. The standard InChI is InChI=1S/C19H27F3N2O2/c1-2-10-26-17-12-14(6-7-16(17)23)18(25)24-9-8-13-4-3-5-15(11-13)19(20,21)22/h3-5,11,14,16-17H,2,6-10,12,23H2,1H3,(H,24,25)/t14-,16-,17-/m0/s1. The zero-order chi connectivity index (χ0) is 19.2. The van der Waals surface area contributed by atoms with E-state index in [0.29, 0.717) is 38.0 Å². The molecule has 0 radical (unpaired) electrons. The number of rotatable bonds is 7. The van der Waals surface area contributed by atoms with E-state index in [1.165, 1.54) is 6.07 Å². The highest BCUT2D eigenvalue weighted by atomic mass is 19.4. The Morgan fingerprint density at radius 1 is 1.35 bits per heavy atom. The van der Waals surface area contributed by atoms with E-state index >= 15 is 0 Å². The lowest BCUT2D eigenvalue weighted by Gasteiger charge is -2.33. The van der Waals surface area contributed by atoms with Gasteiger partial charge in [-0.3, -0.25) is 4.79 Å². The lowest BCUT2D eigenvalue weighted by Crippen LogP contribution is -2.46. The van der Waals surface area contributed by atoms with E-state index in [0.717, 1.165) is 25.0 Å². The highest BCUT2D eigenvalue weighted by Gasteiger charge is 2.32. The third kappa shape index (κ3) is 5.99. The summed E-state index contributed by atoms with van der Waals surface area (Å²) in [6, 6.07) is 5.15.